The highest BCUT2D eigenvalue weighted by Crippen LogP contribution is 2.12. The smallest absolute Gasteiger partial charge is 0.104 e. The number of nitrogens with two attached hydrogens (primary N) is 1. The minimum absolute atomic E-state index is 0.392. The molecule has 1 aromatic rings. The fourth-order valence-corrected chi connectivity index (χ4v) is 1.27. The second-order valence-corrected chi connectivity index (χ2v) is 4.14. The van der Waals surface area contributed by atoms with Crippen LogP contribution in [0.1, 0.15) is 5.56 Å². The SMILES string of the molecule is C(OCC1CO1)C1CO1.NCc1ccccc1. The Bertz CT molecular complexity index is 298. The number of epoxide rings is 2. The summed E-state index contributed by atoms with van der Waals surface area (Å²) in [6, 6.07) is 9.99. The van der Waals surface area contributed by atoms with Crippen molar-refractivity contribution in [2.75, 3.05) is 26.4 Å². The topological polar surface area (TPSA) is 60.3 Å². The van der Waals surface area contributed by atoms with Gasteiger partial charge in [-0.05, 0) is 5.56 Å². The summed E-state index contributed by atoms with van der Waals surface area (Å²) < 4.78 is 15.1. The van der Waals surface area contributed by atoms with Crippen LogP contribution in [0.4, 0.5) is 0 Å². The van der Waals surface area contributed by atoms with Crippen LogP contribution in [0.5, 0.6) is 0 Å². The van der Waals surface area contributed by atoms with Crippen molar-refractivity contribution in [3.05, 3.63) is 35.9 Å². The highest BCUT2D eigenvalue weighted by atomic mass is 16.6. The van der Waals surface area contributed by atoms with E-state index in [2.05, 4.69) is 0 Å². The van der Waals surface area contributed by atoms with Crippen LogP contribution in [0.15, 0.2) is 30.3 Å². The Hall–Kier alpha value is -0.940. The maximum Gasteiger partial charge on any atom is 0.104 e. The predicted molar refractivity (Wildman–Crippen MR) is 64.6 cm³/mol. The summed E-state index contributed by atoms with van der Waals surface area (Å²) in [5, 5.41) is 0. The molecule has 0 radical (unpaired) electrons. The molecule has 2 aliphatic heterocycles. The molecule has 2 heterocycles. The number of rotatable bonds is 5. The first kappa shape index (κ1) is 12.5. The molecule has 0 aliphatic carbocycles. The number of benzene rings is 1. The molecule has 2 atom stereocenters. The molecule has 0 aromatic heterocycles. The van der Waals surface area contributed by atoms with Gasteiger partial charge in [0, 0.05) is 6.54 Å². The first-order valence-electron chi connectivity index (χ1n) is 5.93. The van der Waals surface area contributed by atoms with Crippen molar-refractivity contribution in [3.8, 4) is 0 Å². The maximum absolute atomic E-state index is 5.35. The van der Waals surface area contributed by atoms with Gasteiger partial charge in [0.15, 0.2) is 0 Å². The van der Waals surface area contributed by atoms with Crippen LogP contribution in [-0.4, -0.2) is 38.6 Å². The average molecular weight is 237 g/mol. The zero-order valence-electron chi connectivity index (χ0n) is 9.88. The maximum atomic E-state index is 5.35. The van der Waals surface area contributed by atoms with E-state index in [9.17, 15) is 0 Å². The summed E-state index contributed by atoms with van der Waals surface area (Å²) in [7, 11) is 0. The molecule has 0 bridgehead atoms. The van der Waals surface area contributed by atoms with E-state index < -0.39 is 0 Å². The summed E-state index contributed by atoms with van der Waals surface area (Å²) in [6.07, 6.45) is 0.785. The molecule has 0 amide bonds. The van der Waals surface area contributed by atoms with Gasteiger partial charge in [0.25, 0.3) is 0 Å². The van der Waals surface area contributed by atoms with E-state index in [0.29, 0.717) is 18.8 Å². The van der Waals surface area contributed by atoms with Crippen LogP contribution >= 0.6 is 0 Å². The Morgan fingerprint density at radius 1 is 1.06 bits per heavy atom. The summed E-state index contributed by atoms with van der Waals surface area (Å²) in [5.74, 6) is 0. The van der Waals surface area contributed by atoms with Gasteiger partial charge in [0.1, 0.15) is 12.2 Å². The van der Waals surface area contributed by atoms with E-state index >= 15 is 0 Å². The van der Waals surface area contributed by atoms with Gasteiger partial charge >= 0.3 is 0 Å². The average Bonchev–Trinajstić information content (AvgIpc) is 3.25. The molecule has 2 aliphatic rings. The normalized spacial score (nSPS) is 24.8. The van der Waals surface area contributed by atoms with Crippen molar-refractivity contribution in [2.45, 2.75) is 18.8 Å². The predicted octanol–water partition coefficient (Wildman–Crippen LogP) is 0.946. The minimum atomic E-state index is 0.392. The quantitative estimate of drug-likeness (QED) is 0.774. The summed E-state index contributed by atoms with van der Waals surface area (Å²) in [6.45, 7) is 3.90. The van der Waals surface area contributed by atoms with Gasteiger partial charge in [-0.15, -0.1) is 0 Å². The standard InChI is InChI=1S/C7H9N.C6H10O3/c8-6-7-4-2-1-3-5-7;1(5-3-8-5)7-2-6-4-9-6/h1-5H,6,8H2;5-6H,1-4H2. The van der Waals surface area contributed by atoms with Crippen molar-refractivity contribution in [1.82, 2.24) is 0 Å². The van der Waals surface area contributed by atoms with Gasteiger partial charge in [-0.25, -0.2) is 0 Å². The van der Waals surface area contributed by atoms with E-state index in [1.54, 1.807) is 0 Å². The molecule has 2 N–H and O–H groups in total. The van der Waals surface area contributed by atoms with Gasteiger partial charge in [0.05, 0.1) is 26.4 Å². The van der Waals surface area contributed by atoms with Crippen LogP contribution in [0, 0.1) is 0 Å². The van der Waals surface area contributed by atoms with Gasteiger partial charge in [-0.2, -0.15) is 0 Å². The van der Waals surface area contributed by atoms with E-state index in [1.165, 1.54) is 5.56 Å². The lowest BCUT2D eigenvalue weighted by molar-refractivity contribution is 0.102. The van der Waals surface area contributed by atoms with E-state index in [4.69, 9.17) is 19.9 Å². The van der Waals surface area contributed by atoms with Crippen LogP contribution in [0.3, 0.4) is 0 Å². The second kappa shape index (κ2) is 6.71. The molecular weight excluding hydrogens is 218 g/mol. The molecule has 94 valence electrons. The molecule has 1 aromatic carbocycles. The molecule has 2 unspecified atom stereocenters. The number of hydrogen-bond acceptors (Lipinski definition) is 4. The summed E-state index contributed by atoms with van der Waals surface area (Å²) >= 11 is 0. The first-order chi connectivity index (χ1) is 8.38. The molecule has 2 fully saturated rings. The summed E-state index contributed by atoms with van der Waals surface area (Å²) in [5.41, 5.74) is 6.54. The van der Waals surface area contributed by atoms with Gasteiger partial charge in [-0.1, -0.05) is 30.3 Å². The van der Waals surface area contributed by atoms with Gasteiger partial charge in [0.2, 0.25) is 0 Å². The van der Waals surface area contributed by atoms with Gasteiger partial charge < -0.3 is 19.9 Å². The second-order valence-electron chi connectivity index (χ2n) is 4.14. The third kappa shape index (κ3) is 5.79. The van der Waals surface area contributed by atoms with Gasteiger partial charge in [-0.3, -0.25) is 0 Å². The minimum Gasteiger partial charge on any atom is -0.376 e. The third-order valence-electron chi connectivity index (χ3n) is 2.49. The van der Waals surface area contributed by atoms with Crippen molar-refractivity contribution in [1.29, 1.82) is 0 Å². The van der Waals surface area contributed by atoms with Crippen molar-refractivity contribution < 1.29 is 14.2 Å². The third-order valence-corrected chi connectivity index (χ3v) is 2.49. The fourth-order valence-electron chi connectivity index (χ4n) is 1.27. The van der Waals surface area contributed by atoms with Crippen LogP contribution in [0.25, 0.3) is 0 Å². The molecule has 0 spiro atoms. The lowest BCUT2D eigenvalue weighted by atomic mass is 10.2. The highest BCUT2D eigenvalue weighted by Gasteiger charge is 2.26. The molecule has 3 rings (SSSR count). The van der Waals surface area contributed by atoms with Crippen LogP contribution in [0.2, 0.25) is 0 Å². The van der Waals surface area contributed by atoms with Crippen molar-refractivity contribution in [3.63, 3.8) is 0 Å². The highest BCUT2D eigenvalue weighted by molar-refractivity contribution is 5.13. The van der Waals surface area contributed by atoms with Crippen LogP contribution < -0.4 is 5.73 Å². The van der Waals surface area contributed by atoms with Crippen molar-refractivity contribution in [2.24, 2.45) is 5.73 Å². The zero-order valence-corrected chi connectivity index (χ0v) is 9.88. The monoisotopic (exact) mass is 237 g/mol. The molecular formula is C13H19NO3. The molecule has 17 heavy (non-hydrogen) atoms. The Kier molecular flexibility index (Phi) is 4.94. The molecule has 4 heteroatoms. The van der Waals surface area contributed by atoms with Crippen LogP contribution in [-0.2, 0) is 20.8 Å². The lowest BCUT2D eigenvalue weighted by Gasteiger charge is -1.95. The lowest BCUT2D eigenvalue weighted by Crippen LogP contribution is -2.06. The van der Waals surface area contributed by atoms with E-state index in [1.807, 2.05) is 30.3 Å². The van der Waals surface area contributed by atoms with Crippen molar-refractivity contribution >= 4 is 0 Å². The molecule has 2 saturated heterocycles. The first-order valence-corrected chi connectivity index (χ1v) is 5.93. The van der Waals surface area contributed by atoms with E-state index in [-0.39, 0.29) is 0 Å². The number of hydrogen-bond donors (Lipinski definition) is 1. The Morgan fingerprint density at radius 3 is 1.94 bits per heavy atom. The Labute approximate surface area is 102 Å². The fraction of sp³-hybridized carbons (Fsp3) is 0.538. The Balaban J connectivity index is 0.000000128. The molecule has 0 saturated carbocycles. The molecule has 4 nitrogen and oxygen atoms in total. The zero-order chi connectivity index (χ0) is 11.9. The van der Waals surface area contributed by atoms with E-state index in [0.717, 1.165) is 26.4 Å². The Morgan fingerprint density at radius 2 is 1.59 bits per heavy atom. The number of ether oxygens (including phenoxy) is 3. The largest absolute Gasteiger partial charge is 0.376 e. The summed E-state index contributed by atoms with van der Waals surface area (Å²) in [4.78, 5) is 0.